The van der Waals surface area contributed by atoms with Crippen LogP contribution in [-0.2, 0) is 22.6 Å². The lowest BCUT2D eigenvalue weighted by molar-refractivity contribution is -0.141. The first kappa shape index (κ1) is 24.0. The van der Waals surface area contributed by atoms with Crippen molar-refractivity contribution >= 4 is 11.8 Å². The number of nitrogens with zero attached hydrogens (tertiary/aromatic N) is 1. The fourth-order valence-electron chi connectivity index (χ4n) is 4.44. The van der Waals surface area contributed by atoms with Crippen LogP contribution in [0.4, 0.5) is 4.39 Å². The minimum atomic E-state index is -0.555. The first-order chi connectivity index (χ1) is 15.4. The lowest BCUT2D eigenvalue weighted by atomic mass is 9.95. The van der Waals surface area contributed by atoms with Crippen molar-refractivity contribution in [1.82, 2.24) is 10.2 Å². The van der Waals surface area contributed by atoms with E-state index in [1.807, 2.05) is 39.0 Å². The molecule has 2 amide bonds. The molecule has 0 heterocycles. The molecular weight excluding hydrogens is 403 g/mol. The summed E-state index contributed by atoms with van der Waals surface area (Å²) in [6.45, 7) is 6.29. The third-order valence-electron chi connectivity index (χ3n) is 6.53. The maximum Gasteiger partial charge on any atom is 0.243 e. The van der Waals surface area contributed by atoms with E-state index in [1.165, 1.54) is 24.1 Å². The summed E-state index contributed by atoms with van der Waals surface area (Å²) in [6.07, 6.45) is 6.23. The number of nitrogens with one attached hydrogen (secondary N) is 1. The smallest absolute Gasteiger partial charge is 0.243 e. The monoisotopic (exact) mass is 438 g/mol. The number of halogens is 1. The van der Waals surface area contributed by atoms with E-state index in [4.69, 9.17) is 0 Å². The molecule has 2 aromatic rings. The minimum absolute atomic E-state index is 0.0880. The maximum absolute atomic E-state index is 13.4. The zero-order chi connectivity index (χ0) is 23.1. The molecule has 0 aromatic heterocycles. The quantitative estimate of drug-likeness (QED) is 0.613. The number of amides is 2. The predicted octanol–water partition coefficient (Wildman–Crippen LogP) is 5.24. The Balaban J connectivity index is 1.81. The van der Waals surface area contributed by atoms with Crippen molar-refractivity contribution in [3.8, 4) is 0 Å². The number of hydrogen-bond donors (Lipinski definition) is 1. The van der Waals surface area contributed by atoms with Gasteiger partial charge in [-0.25, -0.2) is 4.39 Å². The summed E-state index contributed by atoms with van der Waals surface area (Å²) in [6, 6.07) is 11.8. The van der Waals surface area contributed by atoms with E-state index in [2.05, 4.69) is 5.32 Å². The number of benzene rings is 2. The van der Waals surface area contributed by atoms with E-state index < -0.39 is 6.04 Å². The Morgan fingerprint density at radius 2 is 1.66 bits per heavy atom. The number of rotatable bonds is 8. The van der Waals surface area contributed by atoms with Gasteiger partial charge in [0.15, 0.2) is 0 Å². The van der Waals surface area contributed by atoms with Crippen LogP contribution < -0.4 is 5.32 Å². The van der Waals surface area contributed by atoms with Crippen LogP contribution in [0.15, 0.2) is 42.5 Å². The average Bonchev–Trinajstić information content (AvgIpc) is 2.78. The highest BCUT2D eigenvalue weighted by atomic mass is 19.1. The van der Waals surface area contributed by atoms with Crippen LogP contribution in [-0.4, -0.2) is 28.8 Å². The number of carbonyl (C=O) groups is 2. The van der Waals surface area contributed by atoms with Gasteiger partial charge in [-0.1, -0.05) is 56.5 Å². The molecule has 0 aliphatic heterocycles. The van der Waals surface area contributed by atoms with E-state index in [9.17, 15) is 14.0 Å². The van der Waals surface area contributed by atoms with Crippen molar-refractivity contribution in [3.63, 3.8) is 0 Å². The number of carbonyl (C=O) groups excluding carboxylic acids is 2. The molecule has 32 heavy (non-hydrogen) atoms. The predicted molar refractivity (Wildman–Crippen MR) is 126 cm³/mol. The summed E-state index contributed by atoms with van der Waals surface area (Å²) in [5.74, 6) is -0.498. The standard InChI is InChI=1S/C27H35FN2O2/c1-4-25(27(32)29-24-8-6-5-7-9-24)30(18-21-12-14-23(28)15-13-21)26(31)17-22-11-10-19(2)20(3)16-22/h10-16,24-25H,4-9,17-18H2,1-3H3,(H,29,32). The van der Waals surface area contributed by atoms with Gasteiger partial charge in [0.25, 0.3) is 0 Å². The second-order valence-corrected chi connectivity index (χ2v) is 9.01. The molecule has 172 valence electrons. The molecular formula is C27H35FN2O2. The minimum Gasteiger partial charge on any atom is -0.352 e. The molecule has 1 N–H and O–H groups in total. The van der Waals surface area contributed by atoms with Gasteiger partial charge in [-0.2, -0.15) is 0 Å². The molecule has 5 heteroatoms. The zero-order valence-corrected chi connectivity index (χ0v) is 19.5. The van der Waals surface area contributed by atoms with E-state index >= 15 is 0 Å². The molecule has 0 saturated heterocycles. The molecule has 1 saturated carbocycles. The summed E-state index contributed by atoms with van der Waals surface area (Å²) in [7, 11) is 0. The van der Waals surface area contributed by atoms with Crippen LogP contribution in [0, 0.1) is 19.7 Å². The zero-order valence-electron chi connectivity index (χ0n) is 19.5. The van der Waals surface area contributed by atoms with E-state index in [0.717, 1.165) is 42.4 Å². The summed E-state index contributed by atoms with van der Waals surface area (Å²) in [5, 5.41) is 3.19. The van der Waals surface area contributed by atoms with Crippen molar-refractivity contribution in [2.75, 3.05) is 0 Å². The van der Waals surface area contributed by atoms with Gasteiger partial charge in [0.05, 0.1) is 6.42 Å². The second-order valence-electron chi connectivity index (χ2n) is 9.01. The number of aryl methyl sites for hydroxylation is 2. The first-order valence-electron chi connectivity index (χ1n) is 11.8. The maximum atomic E-state index is 13.4. The molecule has 1 unspecified atom stereocenters. The van der Waals surface area contributed by atoms with Gasteiger partial charge in [-0.05, 0) is 67.5 Å². The molecule has 1 fully saturated rings. The van der Waals surface area contributed by atoms with Gasteiger partial charge in [0.1, 0.15) is 11.9 Å². The molecule has 0 bridgehead atoms. The summed E-state index contributed by atoms with van der Waals surface area (Å²) in [4.78, 5) is 28.3. The molecule has 1 atom stereocenters. The Kier molecular flexibility index (Phi) is 8.43. The average molecular weight is 439 g/mol. The molecule has 0 spiro atoms. The normalized spacial score (nSPS) is 15.2. The first-order valence-corrected chi connectivity index (χ1v) is 11.8. The lowest BCUT2D eigenvalue weighted by Crippen LogP contribution is -2.51. The molecule has 4 nitrogen and oxygen atoms in total. The number of hydrogen-bond acceptors (Lipinski definition) is 2. The Labute approximate surface area is 191 Å². The summed E-state index contributed by atoms with van der Waals surface area (Å²) in [5.41, 5.74) is 4.07. The van der Waals surface area contributed by atoms with Crippen LogP contribution in [0.2, 0.25) is 0 Å². The van der Waals surface area contributed by atoms with Gasteiger partial charge in [-0.15, -0.1) is 0 Å². The summed E-state index contributed by atoms with van der Waals surface area (Å²) >= 11 is 0. The highest BCUT2D eigenvalue weighted by Gasteiger charge is 2.30. The molecule has 1 aliphatic carbocycles. The highest BCUT2D eigenvalue weighted by Crippen LogP contribution is 2.20. The topological polar surface area (TPSA) is 49.4 Å². The van der Waals surface area contributed by atoms with Crippen molar-refractivity contribution < 1.29 is 14.0 Å². The van der Waals surface area contributed by atoms with Crippen LogP contribution in [0.1, 0.15) is 67.7 Å². The van der Waals surface area contributed by atoms with E-state index in [0.29, 0.717) is 6.42 Å². The van der Waals surface area contributed by atoms with Crippen molar-refractivity contribution in [2.24, 2.45) is 0 Å². The Morgan fingerprint density at radius 1 is 1.00 bits per heavy atom. The van der Waals surface area contributed by atoms with Crippen LogP contribution in [0.5, 0.6) is 0 Å². The lowest BCUT2D eigenvalue weighted by Gasteiger charge is -2.33. The van der Waals surface area contributed by atoms with Gasteiger partial charge >= 0.3 is 0 Å². The van der Waals surface area contributed by atoms with E-state index in [1.54, 1.807) is 17.0 Å². The Bertz CT molecular complexity index is 920. The van der Waals surface area contributed by atoms with Gasteiger partial charge < -0.3 is 10.2 Å². The Hall–Kier alpha value is -2.69. The summed E-state index contributed by atoms with van der Waals surface area (Å²) < 4.78 is 13.4. The third-order valence-corrected chi connectivity index (χ3v) is 6.53. The van der Waals surface area contributed by atoms with Gasteiger partial charge in [0, 0.05) is 12.6 Å². The van der Waals surface area contributed by atoms with E-state index in [-0.39, 0.29) is 36.6 Å². The molecule has 3 rings (SSSR count). The van der Waals surface area contributed by atoms with Crippen LogP contribution in [0.25, 0.3) is 0 Å². The third kappa shape index (κ3) is 6.41. The Morgan fingerprint density at radius 3 is 2.28 bits per heavy atom. The van der Waals surface area contributed by atoms with Crippen molar-refractivity contribution in [3.05, 3.63) is 70.5 Å². The second kappa shape index (κ2) is 11.3. The largest absolute Gasteiger partial charge is 0.352 e. The SMILES string of the molecule is CCC(C(=O)NC1CCCCC1)N(Cc1ccc(F)cc1)C(=O)Cc1ccc(C)c(C)c1. The van der Waals surface area contributed by atoms with Crippen molar-refractivity contribution in [1.29, 1.82) is 0 Å². The molecule has 1 aliphatic rings. The van der Waals surface area contributed by atoms with Gasteiger partial charge in [0.2, 0.25) is 11.8 Å². The van der Waals surface area contributed by atoms with Crippen LogP contribution in [0.3, 0.4) is 0 Å². The molecule has 2 aromatic carbocycles. The van der Waals surface area contributed by atoms with Crippen molar-refractivity contribution in [2.45, 2.75) is 84.3 Å². The highest BCUT2D eigenvalue weighted by molar-refractivity contribution is 5.88. The van der Waals surface area contributed by atoms with Crippen LogP contribution >= 0.6 is 0 Å². The van der Waals surface area contributed by atoms with Gasteiger partial charge in [-0.3, -0.25) is 9.59 Å². The fraction of sp³-hybridized carbons (Fsp3) is 0.481. The molecule has 0 radical (unpaired) electrons. The fourth-order valence-corrected chi connectivity index (χ4v) is 4.44.